The summed E-state index contributed by atoms with van der Waals surface area (Å²) in [5.74, 6) is -0.513. The second-order valence-electron chi connectivity index (χ2n) is 3.33. The summed E-state index contributed by atoms with van der Waals surface area (Å²) in [4.78, 5) is 23.1. The molecule has 0 bridgehead atoms. The largest absolute Gasteiger partial charge is 0.468 e. The highest BCUT2D eigenvalue weighted by Crippen LogP contribution is 2.37. The normalized spacial score (nSPS) is 26.8. The van der Waals surface area contributed by atoms with Crippen LogP contribution in [0.4, 0.5) is 0 Å². The zero-order chi connectivity index (χ0) is 10.6. The van der Waals surface area contributed by atoms with Crippen LogP contribution in [-0.2, 0) is 14.3 Å². The lowest BCUT2D eigenvalue weighted by atomic mass is 9.85. The maximum atomic E-state index is 11.6. The highest BCUT2D eigenvalue weighted by atomic mass is 16.5. The summed E-state index contributed by atoms with van der Waals surface area (Å²) >= 11 is 0. The smallest absolute Gasteiger partial charge is 0.323 e. The summed E-state index contributed by atoms with van der Waals surface area (Å²) in [5.41, 5.74) is -1.04. The fourth-order valence-corrected chi connectivity index (χ4v) is 1.76. The molecule has 0 aromatic heterocycles. The van der Waals surface area contributed by atoms with Crippen molar-refractivity contribution in [2.45, 2.75) is 19.3 Å². The van der Waals surface area contributed by atoms with Gasteiger partial charge in [0.25, 0.3) is 0 Å². The van der Waals surface area contributed by atoms with E-state index in [-0.39, 0.29) is 5.78 Å². The lowest BCUT2D eigenvalue weighted by Gasteiger charge is -2.19. The van der Waals surface area contributed by atoms with Crippen LogP contribution in [0.3, 0.4) is 0 Å². The molecule has 1 fully saturated rings. The minimum Gasteiger partial charge on any atom is -0.468 e. The monoisotopic (exact) mass is 194 g/mol. The lowest BCUT2D eigenvalue weighted by Crippen LogP contribution is -2.34. The summed E-state index contributed by atoms with van der Waals surface area (Å²) < 4.78 is 4.66. The van der Waals surface area contributed by atoms with Gasteiger partial charge in [0.05, 0.1) is 7.11 Å². The number of ketones is 1. The van der Waals surface area contributed by atoms with Gasteiger partial charge in [0, 0.05) is 6.42 Å². The van der Waals surface area contributed by atoms with Crippen LogP contribution in [-0.4, -0.2) is 18.9 Å². The Balaban J connectivity index is 3.01. The molecule has 0 aliphatic heterocycles. The third-order valence-electron chi connectivity index (χ3n) is 2.54. The van der Waals surface area contributed by atoms with Crippen molar-refractivity contribution in [3.05, 3.63) is 24.8 Å². The zero-order valence-corrected chi connectivity index (χ0v) is 8.29. The molecule has 0 aromatic carbocycles. The van der Waals surface area contributed by atoms with E-state index >= 15 is 0 Å². The molecule has 1 aliphatic rings. The predicted octanol–water partition coefficient (Wildman–Crippen LogP) is 1.64. The van der Waals surface area contributed by atoms with Crippen molar-refractivity contribution in [3.63, 3.8) is 0 Å². The van der Waals surface area contributed by atoms with Gasteiger partial charge >= 0.3 is 5.97 Å². The Kier molecular flexibility index (Phi) is 3.23. The van der Waals surface area contributed by atoms with Gasteiger partial charge < -0.3 is 4.74 Å². The molecule has 1 saturated carbocycles. The van der Waals surface area contributed by atoms with Crippen molar-refractivity contribution in [1.29, 1.82) is 0 Å². The van der Waals surface area contributed by atoms with Gasteiger partial charge in [-0.2, -0.15) is 0 Å². The molecule has 1 rings (SSSR count). The van der Waals surface area contributed by atoms with E-state index in [4.69, 9.17) is 0 Å². The third-order valence-corrected chi connectivity index (χ3v) is 2.54. The molecule has 3 nitrogen and oxygen atoms in total. The molecular formula is C11H14O3. The van der Waals surface area contributed by atoms with Crippen LogP contribution >= 0.6 is 0 Å². The van der Waals surface area contributed by atoms with E-state index in [0.717, 1.165) is 6.42 Å². The van der Waals surface area contributed by atoms with Gasteiger partial charge in [-0.1, -0.05) is 24.8 Å². The second-order valence-corrected chi connectivity index (χ2v) is 3.33. The molecule has 0 aromatic rings. The highest BCUT2D eigenvalue weighted by molar-refractivity contribution is 6.07. The average Bonchev–Trinajstić information content (AvgIpc) is 2.57. The standard InChI is InChI=1S/C11H14O3/c1-3-4-7-11(10(13)14-2)8-5-6-9(11)12/h3-4,7H,1,5-6,8H2,2H3/b7-4-. The Labute approximate surface area is 83.4 Å². The Morgan fingerprint density at radius 1 is 1.64 bits per heavy atom. The quantitative estimate of drug-likeness (QED) is 0.389. The van der Waals surface area contributed by atoms with Gasteiger partial charge in [-0.25, -0.2) is 0 Å². The number of rotatable bonds is 3. The number of hydrogen-bond acceptors (Lipinski definition) is 3. The first-order valence-electron chi connectivity index (χ1n) is 4.59. The summed E-state index contributed by atoms with van der Waals surface area (Å²) in [6.07, 6.45) is 6.52. The minimum atomic E-state index is -1.04. The second kappa shape index (κ2) is 4.22. The van der Waals surface area contributed by atoms with Crippen molar-refractivity contribution < 1.29 is 14.3 Å². The molecule has 76 valence electrons. The number of carbonyl (C=O) groups is 2. The first-order valence-corrected chi connectivity index (χ1v) is 4.59. The molecule has 1 aliphatic carbocycles. The number of allylic oxidation sites excluding steroid dienone is 2. The minimum absolute atomic E-state index is 0.0533. The maximum absolute atomic E-state index is 11.6. The van der Waals surface area contributed by atoms with E-state index in [9.17, 15) is 9.59 Å². The van der Waals surface area contributed by atoms with Crippen molar-refractivity contribution >= 4 is 11.8 Å². The highest BCUT2D eigenvalue weighted by Gasteiger charge is 2.47. The maximum Gasteiger partial charge on any atom is 0.323 e. The van der Waals surface area contributed by atoms with E-state index in [0.29, 0.717) is 12.8 Å². The van der Waals surface area contributed by atoms with E-state index in [2.05, 4.69) is 11.3 Å². The van der Waals surface area contributed by atoms with Gasteiger partial charge in [0.2, 0.25) is 0 Å². The van der Waals surface area contributed by atoms with Crippen molar-refractivity contribution in [2.24, 2.45) is 5.41 Å². The predicted molar refractivity (Wildman–Crippen MR) is 52.6 cm³/mol. The van der Waals surface area contributed by atoms with Crippen LogP contribution < -0.4 is 0 Å². The molecule has 0 N–H and O–H groups in total. The number of carbonyl (C=O) groups excluding carboxylic acids is 2. The van der Waals surface area contributed by atoms with E-state index in [1.165, 1.54) is 7.11 Å². The van der Waals surface area contributed by atoms with Gasteiger partial charge in [-0.15, -0.1) is 0 Å². The van der Waals surface area contributed by atoms with Crippen LogP contribution in [0.15, 0.2) is 24.8 Å². The summed E-state index contributed by atoms with van der Waals surface area (Å²) in [7, 11) is 1.30. The number of Topliss-reactive ketones (excluding diaryl/α,β-unsaturated/α-hetero) is 1. The molecule has 3 heteroatoms. The van der Waals surface area contributed by atoms with Gasteiger partial charge in [0.15, 0.2) is 5.78 Å². The van der Waals surface area contributed by atoms with Crippen LogP contribution in [0.1, 0.15) is 19.3 Å². The Bertz CT molecular complexity index is 291. The first kappa shape index (κ1) is 10.7. The number of methoxy groups -OCH3 is 1. The molecule has 0 spiro atoms. The fourth-order valence-electron chi connectivity index (χ4n) is 1.76. The molecule has 1 unspecified atom stereocenters. The Hall–Kier alpha value is -1.38. The number of esters is 1. The molecule has 1 atom stereocenters. The fraction of sp³-hybridized carbons (Fsp3) is 0.455. The van der Waals surface area contributed by atoms with Crippen molar-refractivity contribution in [2.75, 3.05) is 7.11 Å². The number of hydrogen-bond donors (Lipinski definition) is 0. The van der Waals surface area contributed by atoms with Gasteiger partial charge in [0.1, 0.15) is 5.41 Å². The SMILES string of the molecule is C=C/C=C\C1(C(=O)OC)CCCC1=O. The number of ether oxygens (including phenoxy) is 1. The van der Waals surface area contributed by atoms with E-state index in [1.54, 1.807) is 18.2 Å². The van der Waals surface area contributed by atoms with Crippen LogP contribution in [0, 0.1) is 5.41 Å². The van der Waals surface area contributed by atoms with Crippen molar-refractivity contribution in [1.82, 2.24) is 0 Å². The average molecular weight is 194 g/mol. The molecule has 0 amide bonds. The molecular weight excluding hydrogens is 180 g/mol. The van der Waals surface area contributed by atoms with Crippen molar-refractivity contribution in [3.8, 4) is 0 Å². The topological polar surface area (TPSA) is 43.4 Å². The van der Waals surface area contributed by atoms with E-state index < -0.39 is 11.4 Å². The van der Waals surface area contributed by atoms with Crippen LogP contribution in [0.2, 0.25) is 0 Å². The lowest BCUT2D eigenvalue weighted by molar-refractivity contribution is -0.153. The first-order chi connectivity index (χ1) is 6.67. The third kappa shape index (κ3) is 1.62. The molecule has 0 heterocycles. The van der Waals surface area contributed by atoms with Gasteiger partial charge in [-0.05, 0) is 12.8 Å². The Morgan fingerprint density at radius 2 is 2.36 bits per heavy atom. The zero-order valence-electron chi connectivity index (χ0n) is 8.29. The molecule has 14 heavy (non-hydrogen) atoms. The molecule has 0 saturated heterocycles. The van der Waals surface area contributed by atoms with Crippen LogP contribution in [0.5, 0.6) is 0 Å². The van der Waals surface area contributed by atoms with Gasteiger partial charge in [-0.3, -0.25) is 9.59 Å². The van der Waals surface area contributed by atoms with Crippen LogP contribution in [0.25, 0.3) is 0 Å². The Morgan fingerprint density at radius 3 is 2.79 bits per heavy atom. The summed E-state index contributed by atoms with van der Waals surface area (Å²) in [6.45, 7) is 3.51. The summed E-state index contributed by atoms with van der Waals surface area (Å²) in [5, 5.41) is 0. The summed E-state index contributed by atoms with van der Waals surface area (Å²) in [6, 6.07) is 0. The van der Waals surface area contributed by atoms with E-state index in [1.807, 2.05) is 0 Å². The molecule has 0 radical (unpaired) electrons.